The van der Waals surface area contributed by atoms with Gasteiger partial charge in [0.2, 0.25) is 0 Å². The molecule has 0 N–H and O–H groups in total. The minimum absolute atomic E-state index is 0.128. The molecule has 1 aliphatic heterocycles. The van der Waals surface area contributed by atoms with E-state index < -0.39 is 17.6 Å². The largest absolute Gasteiger partial charge is 0.494 e. The summed E-state index contributed by atoms with van der Waals surface area (Å²) in [5.74, 6) is 0.0549. The molecule has 5 nitrogen and oxygen atoms in total. The summed E-state index contributed by atoms with van der Waals surface area (Å²) < 4.78 is 50.4. The van der Waals surface area contributed by atoms with Gasteiger partial charge in [0.1, 0.15) is 11.3 Å². The molecule has 4 rings (SSSR count). The molecular weight excluding hydrogens is 453 g/mol. The fourth-order valence-corrected chi connectivity index (χ4v) is 4.68. The molecule has 1 saturated heterocycles. The van der Waals surface area contributed by atoms with Crippen LogP contribution in [0.1, 0.15) is 28.8 Å². The number of fused-ring (bicyclic) bond motifs is 1. The van der Waals surface area contributed by atoms with Gasteiger partial charge in [-0.15, -0.1) is 0 Å². The first-order valence-corrected chi connectivity index (χ1v) is 10.7. The van der Waals surface area contributed by atoms with Crippen LogP contribution in [0.5, 0.6) is 5.75 Å². The van der Waals surface area contributed by atoms with Crippen molar-refractivity contribution in [3.63, 3.8) is 0 Å². The van der Waals surface area contributed by atoms with Gasteiger partial charge in [-0.05, 0) is 49.2 Å². The summed E-state index contributed by atoms with van der Waals surface area (Å²) >= 11 is 7.53. The number of thiazole rings is 1. The summed E-state index contributed by atoms with van der Waals surface area (Å²) in [7, 11) is 1.51. The minimum Gasteiger partial charge on any atom is -0.494 e. The van der Waals surface area contributed by atoms with Crippen molar-refractivity contribution in [1.82, 2.24) is 4.98 Å². The van der Waals surface area contributed by atoms with Crippen molar-refractivity contribution < 1.29 is 27.4 Å². The molecule has 1 aliphatic rings. The summed E-state index contributed by atoms with van der Waals surface area (Å²) in [4.78, 5) is 19.3. The number of amides is 1. The van der Waals surface area contributed by atoms with Crippen molar-refractivity contribution in [2.45, 2.75) is 25.1 Å². The summed E-state index contributed by atoms with van der Waals surface area (Å²) in [6.07, 6.45) is -2.99. The predicted molar refractivity (Wildman–Crippen MR) is 113 cm³/mol. The van der Waals surface area contributed by atoms with E-state index in [9.17, 15) is 18.0 Å². The number of halogens is 4. The molecule has 31 heavy (non-hydrogen) atoms. The number of aromatic nitrogens is 1. The molecule has 0 spiro atoms. The van der Waals surface area contributed by atoms with Crippen LogP contribution in [0, 0.1) is 0 Å². The summed E-state index contributed by atoms with van der Waals surface area (Å²) in [5.41, 5.74) is -0.165. The van der Waals surface area contributed by atoms with E-state index in [1.54, 1.807) is 12.1 Å². The molecule has 1 unspecified atom stereocenters. The molecule has 10 heteroatoms. The fraction of sp³-hybridized carbons (Fsp3) is 0.333. The minimum atomic E-state index is -4.47. The molecule has 1 aromatic heterocycles. The number of ether oxygens (including phenoxy) is 2. The number of benzene rings is 2. The van der Waals surface area contributed by atoms with Crippen LogP contribution in [0.15, 0.2) is 36.4 Å². The Morgan fingerprint density at radius 1 is 1.29 bits per heavy atom. The Morgan fingerprint density at radius 2 is 2.03 bits per heavy atom. The predicted octanol–water partition coefficient (Wildman–Crippen LogP) is 5.80. The standard InChI is InChI=1S/C21H18ClF3N2O3S/c1-29-16-9-8-15(22)18-17(16)26-20(31-18)27(11-14-3-2-10-30-14)19(28)12-4-6-13(7-5-12)21(23,24)25/h4-9,14H,2-3,10-11H2,1H3. The summed E-state index contributed by atoms with van der Waals surface area (Å²) in [5, 5.41) is 0.848. The zero-order valence-electron chi connectivity index (χ0n) is 16.4. The third-order valence-electron chi connectivity index (χ3n) is 5.01. The van der Waals surface area contributed by atoms with E-state index in [1.807, 2.05) is 0 Å². The van der Waals surface area contributed by atoms with Crippen molar-refractivity contribution >= 4 is 44.2 Å². The van der Waals surface area contributed by atoms with E-state index in [1.165, 1.54) is 35.5 Å². The monoisotopic (exact) mass is 470 g/mol. The second kappa shape index (κ2) is 8.64. The number of hydrogen-bond acceptors (Lipinski definition) is 5. The van der Waals surface area contributed by atoms with E-state index in [0.29, 0.717) is 32.7 Å². The van der Waals surface area contributed by atoms with Crippen molar-refractivity contribution in [1.29, 1.82) is 0 Å². The second-order valence-corrected chi connectivity index (χ2v) is 8.43. The van der Waals surface area contributed by atoms with Crippen molar-refractivity contribution in [3.8, 4) is 5.75 Å². The van der Waals surface area contributed by atoms with Crippen LogP contribution < -0.4 is 9.64 Å². The van der Waals surface area contributed by atoms with E-state index in [2.05, 4.69) is 4.98 Å². The fourth-order valence-electron chi connectivity index (χ4n) is 3.42. The first kappa shape index (κ1) is 21.9. The van der Waals surface area contributed by atoms with Crippen LogP contribution in [-0.4, -0.2) is 37.3 Å². The molecule has 164 valence electrons. The summed E-state index contributed by atoms with van der Waals surface area (Å²) in [6.45, 7) is 0.839. The molecule has 1 fully saturated rings. The quantitative estimate of drug-likeness (QED) is 0.472. The van der Waals surface area contributed by atoms with E-state index in [4.69, 9.17) is 21.1 Å². The zero-order chi connectivity index (χ0) is 22.2. The Labute approximate surface area is 185 Å². The van der Waals surface area contributed by atoms with Crippen LogP contribution in [0.3, 0.4) is 0 Å². The van der Waals surface area contributed by atoms with E-state index >= 15 is 0 Å². The van der Waals surface area contributed by atoms with Gasteiger partial charge in [-0.3, -0.25) is 9.69 Å². The average Bonchev–Trinajstić information content (AvgIpc) is 3.42. The number of carbonyl (C=O) groups excluding carboxylic acids is 1. The van der Waals surface area contributed by atoms with Crippen molar-refractivity contribution in [3.05, 3.63) is 52.5 Å². The van der Waals surface area contributed by atoms with Crippen LogP contribution in [0.25, 0.3) is 10.2 Å². The number of alkyl halides is 3. The molecule has 2 heterocycles. The molecule has 0 bridgehead atoms. The summed E-state index contributed by atoms with van der Waals surface area (Å²) in [6, 6.07) is 7.53. The maximum absolute atomic E-state index is 13.3. The Kier molecular flexibility index (Phi) is 6.09. The van der Waals surface area contributed by atoms with Crippen LogP contribution in [-0.2, 0) is 10.9 Å². The number of rotatable bonds is 5. The lowest BCUT2D eigenvalue weighted by Crippen LogP contribution is -2.37. The van der Waals surface area contributed by atoms with Gasteiger partial charge in [0.05, 0.1) is 35.0 Å². The van der Waals surface area contributed by atoms with Gasteiger partial charge >= 0.3 is 6.18 Å². The molecule has 3 aromatic rings. The number of hydrogen-bond donors (Lipinski definition) is 0. The molecular formula is C21H18ClF3N2O3S. The number of carbonyl (C=O) groups is 1. The van der Waals surface area contributed by atoms with Gasteiger partial charge in [-0.25, -0.2) is 4.98 Å². The van der Waals surface area contributed by atoms with Gasteiger partial charge in [0.15, 0.2) is 5.13 Å². The van der Waals surface area contributed by atoms with Crippen molar-refractivity contribution in [2.24, 2.45) is 0 Å². The van der Waals surface area contributed by atoms with E-state index in [0.717, 1.165) is 25.0 Å². The van der Waals surface area contributed by atoms with Gasteiger partial charge in [-0.2, -0.15) is 13.2 Å². The molecule has 0 radical (unpaired) electrons. The highest BCUT2D eigenvalue weighted by Gasteiger charge is 2.32. The van der Waals surface area contributed by atoms with E-state index in [-0.39, 0.29) is 18.2 Å². The van der Waals surface area contributed by atoms with Crippen LogP contribution in [0.2, 0.25) is 5.02 Å². The lowest BCUT2D eigenvalue weighted by atomic mass is 10.1. The van der Waals surface area contributed by atoms with Gasteiger partial charge < -0.3 is 9.47 Å². The molecule has 1 amide bonds. The van der Waals surface area contributed by atoms with Crippen LogP contribution >= 0.6 is 22.9 Å². The first-order chi connectivity index (χ1) is 14.8. The average molecular weight is 471 g/mol. The molecule has 0 aliphatic carbocycles. The SMILES string of the molecule is COc1ccc(Cl)c2sc(N(CC3CCCO3)C(=O)c3ccc(C(F)(F)F)cc3)nc12. The third kappa shape index (κ3) is 4.49. The Morgan fingerprint density at radius 3 is 2.65 bits per heavy atom. The molecule has 0 saturated carbocycles. The number of anilines is 1. The first-order valence-electron chi connectivity index (χ1n) is 9.51. The number of nitrogens with zero attached hydrogens (tertiary/aromatic N) is 2. The Balaban J connectivity index is 1.73. The topological polar surface area (TPSA) is 51.7 Å². The van der Waals surface area contributed by atoms with Crippen LogP contribution in [0.4, 0.5) is 18.3 Å². The zero-order valence-corrected chi connectivity index (χ0v) is 18.0. The highest BCUT2D eigenvalue weighted by atomic mass is 35.5. The lowest BCUT2D eigenvalue weighted by molar-refractivity contribution is -0.137. The molecule has 2 aromatic carbocycles. The van der Waals surface area contributed by atoms with Crippen molar-refractivity contribution in [2.75, 3.05) is 25.2 Å². The van der Waals surface area contributed by atoms with Gasteiger partial charge in [0, 0.05) is 12.2 Å². The van der Waals surface area contributed by atoms with Gasteiger partial charge in [-0.1, -0.05) is 22.9 Å². The second-order valence-electron chi connectivity index (χ2n) is 7.05. The third-order valence-corrected chi connectivity index (χ3v) is 6.55. The lowest BCUT2D eigenvalue weighted by Gasteiger charge is -2.23. The highest BCUT2D eigenvalue weighted by molar-refractivity contribution is 7.23. The number of methoxy groups -OCH3 is 1. The molecule has 1 atom stereocenters. The Bertz CT molecular complexity index is 1100. The Hall–Kier alpha value is -2.36. The normalized spacial score (nSPS) is 16.6. The highest BCUT2D eigenvalue weighted by Crippen LogP contribution is 2.39. The maximum Gasteiger partial charge on any atom is 0.416 e. The maximum atomic E-state index is 13.3. The smallest absolute Gasteiger partial charge is 0.416 e. The van der Waals surface area contributed by atoms with Gasteiger partial charge in [0.25, 0.3) is 5.91 Å².